The van der Waals surface area contributed by atoms with E-state index in [1.165, 1.54) is 24.0 Å². The van der Waals surface area contributed by atoms with Gasteiger partial charge >= 0.3 is 0 Å². The van der Waals surface area contributed by atoms with Crippen LogP contribution in [-0.4, -0.2) is 29.5 Å². The highest BCUT2D eigenvalue weighted by Crippen LogP contribution is 2.29. The van der Waals surface area contributed by atoms with Crippen molar-refractivity contribution in [3.05, 3.63) is 76.3 Å². The highest BCUT2D eigenvalue weighted by molar-refractivity contribution is 6.30. The first-order valence-corrected chi connectivity index (χ1v) is 12.1. The fourth-order valence-electron chi connectivity index (χ4n) is 4.20. The van der Waals surface area contributed by atoms with Crippen LogP contribution in [0.2, 0.25) is 5.02 Å². The lowest BCUT2D eigenvalue weighted by Gasteiger charge is -2.29. The van der Waals surface area contributed by atoms with E-state index in [0.717, 1.165) is 13.1 Å². The fraction of sp³-hybridized carbons (Fsp3) is 0.407. The first kappa shape index (κ1) is 24.1. The Hall–Kier alpha value is -3.01. The first-order chi connectivity index (χ1) is 16.3. The molecule has 2 heterocycles. The SMILES string of the molecule is CC(C)(C)c1ccc([C@@H](CNc2oc(COc3ccc(Cl)cc3)nc2C#N)N2CCCC2)cc1. The molecule has 0 amide bonds. The number of nitrogens with zero attached hydrogens (tertiary/aromatic N) is 3. The molecule has 2 aromatic carbocycles. The third-order valence-corrected chi connectivity index (χ3v) is 6.40. The van der Waals surface area contributed by atoms with E-state index in [9.17, 15) is 5.26 Å². The number of nitriles is 1. The molecule has 0 bridgehead atoms. The molecule has 1 aliphatic heterocycles. The van der Waals surface area contributed by atoms with Crippen LogP contribution in [0.1, 0.15) is 62.4 Å². The number of anilines is 1. The van der Waals surface area contributed by atoms with Crippen LogP contribution in [0.25, 0.3) is 0 Å². The lowest BCUT2D eigenvalue weighted by molar-refractivity contribution is 0.252. The lowest BCUT2D eigenvalue weighted by atomic mass is 9.86. The molecule has 34 heavy (non-hydrogen) atoms. The zero-order valence-electron chi connectivity index (χ0n) is 20.0. The molecule has 0 radical (unpaired) electrons. The van der Waals surface area contributed by atoms with Crippen molar-refractivity contribution in [2.45, 2.75) is 51.7 Å². The van der Waals surface area contributed by atoms with Gasteiger partial charge in [-0.1, -0.05) is 56.6 Å². The van der Waals surface area contributed by atoms with Crippen LogP contribution in [0.4, 0.5) is 5.88 Å². The van der Waals surface area contributed by atoms with Gasteiger partial charge in [0.25, 0.3) is 0 Å². The van der Waals surface area contributed by atoms with E-state index in [0.29, 0.717) is 29.1 Å². The van der Waals surface area contributed by atoms with Gasteiger partial charge in [-0.3, -0.25) is 4.90 Å². The third kappa shape index (κ3) is 5.91. The number of likely N-dealkylation sites (tertiary alicyclic amines) is 1. The summed E-state index contributed by atoms with van der Waals surface area (Å²) in [7, 11) is 0. The van der Waals surface area contributed by atoms with Gasteiger partial charge in [0.15, 0.2) is 6.61 Å². The van der Waals surface area contributed by atoms with Crippen LogP contribution in [0.15, 0.2) is 52.9 Å². The van der Waals surface area contributed by atoms with Crippen LogP contribution in [-0.2, 0) is 12.0 Å². The molecule has 4 rings (SSSR count). The molecular weight excluding hydrogens is 448 g/mol. The van der Waals surface area contributed by atoms with Gasteiger partial charge in [-0.2, -0.15) is 10.2 Å². The second-order valence-electron chi connectivity index (χ2n) is 9.65. The lowest BCUT2D eigenvalue weighted by Crippen LogP contribution is -2.31. The van der Waals surface area contributed by atoms with Crippen LogP contribution in [0.5, 0.6) is 5.75 Å². The van der Waals surface area contributed by atoms with Gasteiger partial charge < -0.3 is 14.5 Å². The van der Waals surface area contributed by atoms with Crippen LogP contribution in [0.3, 0.4) is 0 Å². The number of hydrogen-bond donors (Lipinski definition) is 1. The quantitative estimate of drug-likeness (QED) is 0.408. The predicted octanol–water partition coefficient (Wildman–Crippen LogP) is 6.33. The van der Waals surface area contributed by atoms with Gasteiger partial charge in [0.05, 0.1) is 6.04 Å². The maximum atomic E-state index is 9.57. The van der Waals surface area contributed by atoms with Gasteiger partial charge in [-0.15, -0.1) is 0 Å². The van der Waals surface area contributed by atoms with Crippen molar-refractivity contribution < 1.29 is 9.15 Å². The minimum Gasteiger partial charge on any atom is -0.484 e. The smallest absolute Gasteiger partial charge is 0.236 e. The first-order valence-electron chi connectivity index (χ1n) is 11.7. The van der Waals surface area contributed by atoms with Crippen molar-refractivity contribution >= 4 is 17.5 Å². The number of ether oxygens (including phenoxy) is 1. The summed E-state index contributed by atoms with van der Waals surface area (Å²) in [4.78, 5) is 6.79. The number of halogens is 1. The molecule has 0 aliphatic carbocycles. The maximum absolute atomic E-state index is 9.57. The van der Waals surface area contributed by atoms with Crippen LogP contribution < -0.4 is 10.1 Å². The summed E-state index contributed by atoms with van der Waals surface area (Å²) in [6, 6.07) is 18.3. The standard InChI is InChI=1S/C27H31ClN4O2/c1-27(2,3)20-8-6-19(7-9-20)24(32-14-4-5-15-32)17-30-26-23(16-29)31-25(34-26)18-33-22-12-10-21(28)11-13-22/h6-13,24,30H,4-5,14-15,17-18H2,1-3H3/t24-/m1/s1. The Bertz CT molecular complexity index is 1120. The molecule has 1 aliphatic rings. The van der Waals surface area contributed by atoms with E-state index in [1.807, 2.05) is 0 Å². The van der Waals surface area contributed by atoms with Crippen molar-refractivity contribution in [2.75, 3.05) is 25.0 Å². The number of aromatic nitrogens is 1. The average molecular weight is 479 g/mol. The summed E-state index contributed by atoms with van der Waals surface area (Å²) < 4.78 is 11.6. The number of hydrogen-bond acceptors (Lipinski definition) is 6. The van der Waals surface area contributed by atoms with E-state index in [4.69, 9.17) is 20.8 Å². The number of oxazole rings is 1. The molecule has 1 aromatic heterocycles. The number of nitrogens with one attached hydrogen (secondary N) is 1. The molecule has 1 N–H and O–H groups in total. The van der Waals surface area contributed by atoms with Gasteiger partial charge in [0, 0.05) is 11.6 Å². The molecule has 7 heteroatoms. The van der Waals surface area contributed by atoms with E-state index >= 15 is 0 Å². The predicted molar refractivity (Wildman–Crippen MR) is 134 cm³/mol. The number of rotatable bonds is 8. The Labute approximate surface area is 206 Å². The normalized spacial score (nSPS) is 15.1. The Morgan fingerprint density at radius 1 is 1.12 bits per heavy atom. The summed E-state index contributed by atoms with van der Waals surface area (Å²) in [5.74, 6) is 1.39. The zero-order chi connectivity index (χ0) is 24.1. The molecule has 3 aromatic rings. The molecule has 178 valence electrons. The van der Waals surface area contributed by atoms with Crippen molar-refractivity contribution in [3.63, 3.8) is 0 Å². The minimum absolute atomic E-state index is 0.117. The van der Waals surface area contributed by atoms with E-state index in [-0.39, 0.29) is 23.8 Å². The molecule has 1 fully saturated rings. The van der Waals surface area contributed by atoms with Gasteiger partial charge in [0.1, 0.15) is 11.8 Å². The second-order valence-corrected chi connectivity index (χ2v) is 10.1. The largest absolute Gasteiger partial charge is 0.484 e. The summed E-state index contributed by atoms with van der Waals surface area (Å²) >= 11 is 5.92. The summed E-state index contributed by atoms with van der Waals surface area (Å²) in [5, 5.41) is 13.6. The Balaban J connectivity index is 1.46. The molecular formula is C27H31ClN4O2. The van der Waals surface area contributed by atoms with E-state index in [1.54, 1.807) is 24.3 Å². The van der Waals surface area contributed by atoms with Crippen molar-refractivity contribution in [1.29, 1.82) is 5.26 Å². The van der Waals surface area contributed by atoms with Gasteiger partial charge in [0.2, 0.25) is 17.5 Å². The summed E-state index contributed by atoms with van der Waals surface area (Å²) in [6.07, 6.45) is 2.41. The topological polar surface area (TPSA) is 74.3 Å². The zero-order valence-corrected chi connectivity index (χ0v) is 20.7. The highest BCUT2D eigenvalue weighted by Gasteiger charge is 2.25. The monoisotopic (exact) mass is 478 g/mol. The molecule has 0 spiro atoms. The fourth-order valence-corrected chi connectivity index (χ4v) is 4.33. The van der Waals surface area contributed by atoms with Crippen molar-refractivity contribution in [1.82, 2.24) is 9.88 Å². The molecule has 0 saturated carbocycles. The molecule has 6 nitrogen and oxygen atoms in total. The summed E-state index contributed by atoms with van der Waals surface area (Å²) in [5.41, 5.74) is 2.92. The molecule has 0 unspecified atom stereocenters. The second kappa shape index (κ2) is 10.5. The molecule has 1 atom stereocenters. The Kier molecular flexibility index (Phi) is 7.45. The van der Waals surface area contributed by atoms with Crippen LogP contribution in [0, 0.1) is 11.3 Å². The Morgan fingerprint density at radius 3 is 2.41 bits per heavy atom. The minimum atomic E-state index is 0.117. The van der Waals surface area contributed by atoms with E-state index in [2.05, 4.69) is 66.3 Å². The van der Waals surface area contributed by atoms with Crippen molar-refractivity contribution in [3.8, 4) is 11.8 Å². The summed E-state index contributed by atoms with van der Waals surface area (Å²) in [6.45, 7) is 9.55. The van der Waals surface area contributed by atoms with Gasteiger partial charge in [-0.25, -0.2) is 0 Å². The maximum Gasteiger partial charge on any atom is 0.236 e. The van der Waals surface area contributed by atoms with Crippen molar-refractivity contribution in [2.24, 2.45) is 0 Å². The van der Waals surface area contributed by atoms with Gasteiger partial charge in [-0.05, 0) is 66.7 Å². The van der Waals surface area contributed by atoms with E-state index < -0.39 is 0 Å². The third-order valence-electron chi connectivity index (χ3n) is 6.15. The Morgan fingerprint density at radius 2 is 1.79 bits per heavy atom. The number of benzene rings is 2. The highest BCUT2D eigenvalue weighted by atomic mass is 35.5. The molecule has 1 saturated heterocycles. The average Bonchev–Trinajstić information content (AvgIpc) is 3.49. The van der Waals surface area contributed by atoms with Crippen LogP contribution >= 0.6 is 11.6 Å².